The second kappa shape index (κ2) is 4.56. The van der Waals surface area contributed by atoms with Crippen LogP contribution < -0.4 is 4.90 Å². The van der Waals surface area contributed by atoms with Crippen molar-refractivity contribution in [2.24, 2.45) is 0 Å². The number of alkyl halides is 1. The number of carbonyl (C=O) groups is 1. The topological polar surface area (TPSA) is 20.3 Å². The molecule has 1 saturated heterocycles. The van der Waals surface area contributed by atoms with Gasteiger partial charge >= 0.3 is 0 Å². The number of hydrogen-bond acceptors (Lipinski definition) is 2. The molecule has 1 aliphatic rings. The van der Waals surface area contributed by atoms with Crippen molar-refractivity contribution in [3.8, 4) is 0 Å². The van der Waals surface area contributed by atoms with E-state index < -0.39 is 23.6 Å². The lowest BCUT2D eigenvalue weighted by Crippen LogP contribution is -2.43. The van der Waals surface area contributed by atoms with Crippen molar-refractivity contribution in [1.82, 2.24) is 0 Å². The molecular formula is C11H9ClF3NO. The second-order valence-electron chi connectivity index (χ2n) is 3.85. The fourth-order valence-electron chi connectivity index (χ4n) is 1.83. The number of anilines is 1. The Labute approximate surface area is 101 Å². The SMILES string of the molecule is O=C1CCN(c2c(F)cc(Cl)cc2F)C[C@H]1F. The Kier molecular flexibility index (Phi) is 3.28. The number of carbonyl (C=O) groups excluding carboxylic acids is 1. The maximum atomic E-state index is 13.5. The minimum absolute atomic E-state index is 0.0529. The number of benzene rings is 1. The minimum atomic E-state index is -1.70. The molecule has 0 N–H and O–H groups in total. The molecule has 1 heterocycles. The number of rotatable bonds is 1. The van der Waals surface area contributed by atoms with E-state index in [1.165, 1.54) is 4.90 Å². The molecule has 1 fully saturated rings. The molecule has 0 unspecified atom stereocenters. The number of Topliss-reactive ketones (excluding diaryl/α,β-unsaturated/α-hetero) is 1. The molecule has 1 aromatic carbocycles. The van der Waals surface area contributed by atoms with Crippen LogP contribution in [0.15, 0.2) is 12.1 Å². The van der Waals surface area contributed by atoms with Crippen LogP contribution in [0.3, 0.4) is 0 Å². The zero-order valence-corrected chi connectivity index (χ0v) is 9.48. The summed E-state index contributed by atoms with van der Waals surface area (Å²) in [5.41, 5.74) is -0.329. The van der Waals surface area contributed by atoms with Crippen molar-refractivity contribution >= 4 is 23.1 Å². The van der Waals surface area contributed by atoms with Gasteiger partial charge in [-0.05, 0) is 12.1 Å². The largest absolute Gasteiger partial charge is 0.363 e. The number of nitrogens with zero attached hydrogens (tertiary/aromatic N) is 1. The van der Waals surface area contributed by atoms with Crippen LogP contribution >= 0.6 is 11.6 Å². The smallest absolute Gasteiger partial charge is 0.175 e. The molecule has 2 nitrogen and oxygen atoms in total. The molecular weight excluding hydrogens is 255 g/mol. The normalized spacial score (nSPS) is 20.8. The van der Waals surface area contributed by atoms with Crippen LogP contribution in [0.4, 0.5) is 18.9 Å². The molecule has 0 bridgehead atoms. The monoisotopic (exact) mass is 263 g/mol. The average molecular weight is 264 g/mol. The van der Waals surface area contributed by atoms with E-state index in [0.717, 1.165) is 12.1 Å². The van der Waals surface area contributed by atoms with E-state index in [4.69, 9.17) is 11.6 Å². The Balaban J connectivity index is 2.32. The molecule has 0 aromatic heterocycles. The number of ketones is 1. The Bertz CT molecular complexity index is 443. The summed E-state index contributed by atoms with van der Waals surface area (Å²) in [6.45, 7) is -0.219. The van der Waals surface area contributed by atoms with Crippen molar-refractivity contribution in [2.45, 2.75) is 12.6 Å². The molecule has 1 aliphatic heterocycles. The zero-order chi connectivity index (χ0) is 12.6. The van der Waals surface area contributed by atoms with Crippen molar-refractivity contribution in [2.75, 3.05) is 18.0 Å². The number of piperidine rings is 1. The summed E-state index contributed by atoms with van der Waals surface area (Å²) in [4.78, 5) is 12.2. The van der Waals surface area contributed by atoms with E-state index in [2.05, 4.69) is 0 Å². The van der Waals surface area contributed by atoms with Gasteiger partial charge in [-0.1, -0.05) is 11.6 Å². The fraction of sp³-hybridized carbons (Fsp3) is 0.364. The van der Waals surface area contributed by atoms with E-state index in [1.807, 2.05) is 0 Å². The van der Waals surface area contributed by atoms with Crippen molar-refractivity contribution in [3.63, 3.8) is 0 Å². The number of halogens is 4. The van der Waals surface area contributed by atoms with Crippen LogP contribution in [-0.2, 0) is 4.79 Å². The van der Waals surface area contributed by atoms with Gasteiger partial charge in [0, 0.05) is 18.0 Å². The van der Waals surface area contributed by atoms with E-state index >= 15 is 0 Å². The lowest BCUT2D eigenvalue weighted by molar-refractivity contribution is -0.124. The first-order valence-corrected chi connectivity index (χ1v) is 5.43. The summed E-state index contributed by atoms with van der Waals surface area (Å²) >= 11 is 5.49. The molecule has 0 amide bonds. The fourth-order valence-corrected chi connectivity index (χ4v) is 2.02. The molecule has 0 saturated carbocycles. The highest BCUT2D eigenvalue weighted by Crippen LogP contribution is 2.29. The first-order chi connectivity index (χ1) is 7.99. The van der Waals surface area contributed by atoms with Crippen LogP contribution in [0, 0.1) is 11.6 Å². The third-order valence-corrected chi connectivity index (χ3v) is 2.87. The van der Waals surface area contributed by atoms with E-state index in [1.54, 1.807) is 0 Å². The molecule has 0 aliphatic carbocycles. The van der Waals surface area contributed by atoms with Crippen molar-refractivity contribution in [1.29, 1.82) is 0 Å². The van der Waals surface area contributed by atoms with Gasteiger partial charge in [0.15, 0.2) is 23.6 Å². The molecule has 17 heavy (non-hydrogen) atoms. The maximum Gasteiger partial charge on any atom is 0.175 e. The summed E-state index contributed by atoms with van der Waals surface area (Å²) in [7, 11) is 0. The number of hydrogen-bond donors (Lipinski definition) is 0. The second-order valence-corrected chi connectivity index (χ2v) is 4.28. The molecule has 92 valence electrons. The first kappa shape index (κ1) is 12.2. The van der Waals surface area contributed by atoms with Gasteiger partial charge in [0.25, 0.3) is 0 Å². The highest BCUT2D eigenvalue weighted by molar-refractivity contribution is 6.30. The molecule has 0 spiro atoms. The van der Waals surface area contributed by atoms with Gasteiger partial charge in [0.05, 0.1) is 6.54 Å². The summed E-state index contributed by atoms with van der Waals surface area (Å²) in [5, 5.41) is -0.0614. The average Bonchev–Trinajstić information content (AvgIpc) is 2.21. The van der Waals surface area contributed by atoms with E-state index in [9.17, 15) is 18.0 Å². The lowest BCUT2D eigenvalue weighted by atomic mass is 10.1. The molecule has 1 atom stereocenters. The Morgan fingerprint density at radius 3 is 2.41 bits per heavy atom. The van der Waals surface area contributed by atoms with Gasteiger partial charge in [-0.25, -0.2) is 13.2 Å². The van der Waals surface area contributed by atoms with Crippen LogP contribution in [0.25, 0.3) is 0 Å². The predicted molar refractivity (Wildman–Crippen MR) is 58.1 cm³/mol. The summed E-state index contributed by atoms with van der Waals surface area (Å²) in [6, 6.07) is 1.92. The predicted octanol–water partition coefficient (Wildman–Crippen LogP) is 2.74. The van der Waals surface area contributed by atoms with Gasteiger partial charge in [-0.2, -0.15) is 0 Å². The maximum absolute atomic E-state index is 13.5. The third-order valence-electron chi connectivity index (χ3n) is 2.66. The molecule has 0 radical (unpaired) electrons. The molecule has 6 heteroatoms. The van der Waals surface area contributed by atoms with Crippen LogP contribution in [0.2, 0.25) is 5.02 Å². The van der Waals surface area contributed by atoms with E-state index in [-0.39, 0.29) is 30.2 Å². The quantitative estimate of drug-likeness (QED) is 0.776. The van der Waals surface area contributed by atoms with Crippen LogP contribution in [-0.4, -0.2) is 25.0 Å². The Morgan fingerprint density at radius 2 is 1.88 bits per heavy atom. The van der Waals surface area contributed by atoms with Gasteiger partial charge < -0.3 is 4.90 Å². The third kappa shape index (κ3) is 2.39. The minimum Gasteiger partial charge on any atom is -0.363 e. The Morgan fingerprint density at radius 1 is 1.29 bits per heavy atom. The van der Waals surface area contributed by atoms with Gasteiger partial charge in [0.2, 0.25) is 0 Å². The highest BCUT2D eigenvalue weighted by Gasteiger charge is 2.29. The Hall–Kier alpha value is -1.23. The van der Waals surface area contributed by atoms with Gasteiger partial charge in [-0.3, -0.25) is 4.79 Å². The highest BCUT2D eigenvalue weighted by atomic mass is 35.5. The standard InChI is InChI=1S/C11H9ClF3NO/c12-6-3-7(13)11(8(14)4-6)16-2-1-10(17)9(15)5-16/h3-4,9H,1-2,5H2/t9-/m1/s1. The lowest BCUT2D eigenvalue weighted by Gasteiger charge is -2.30. The summed E-state index contributed by atoms with van der Waals surface area (Å²) < 4.78 is 40.3. The molecule has 1 aromatic rings. The first-order valence-electron chi connectivity index (χ1n) is 5.05. The van der Waals surface area contributed by atoms with Crippen LogP contribution in [0.1, 0.15) is 6.42 Å². The van der Waals surface area contributed by atoms with Gasteiger partial charge in [-0.15, -0.1) is 0 Å². The molecule has 2 rings (SSSR count). The van der Waals surface area contributed by atoms with Gasteiger partial charge in [0.1, 0.15) is 5.69 Å². The summed E-state index contributed by atoms with van der Waals surface area (Å²) in [6.07, 6.45) is -1.75. The van der Waals surface area contributed by atoms with Crippen LogP contribution in [0.5, 0.6) is 0 Å². The zero-order valence-electron chi connectivity index (χ0n) is 8.72. The van der Waals surface area contributed by atoms with Crippen molar-refractivity contribution < 1.29 is 18.0 Å². The summed E-state index contributed by atoms with van der Waals surface area (Å²) in [5.74, 6) is -2.23. The van der Waals surface area contributed by atoms with Crippen molar-refractivity contribution in [3.05, 3.63) is 28.8 Å². The van der Waals surface area contributed by atoms with E-state index in [0.29, 0.717) is 0 Å².